The summed E-state index contributed by atoms with van der Waals surface area (Å²) in [7, 11) is 0. The molecule has 1 saturated carbocycles. The van der Waals surface area contributed by atoms with Crippen LogP contribution >= 0.6 is 12.6 Å². The zero-order chi connectivity index (χ0) is 8.97. The van der Waals surface area contributed by atoms with Gasteiger partial charge in [-0.3, -0.25) is 0 Å². The Kier molecular flexibility index (Phi) is 4.44. The van der Waals surface area contributed by atoms with Crippen molar-refractivity contribution in [3.63, 3.8) is 0 Å². The summed E-state index contributed by atoms with van der Waals surface area (Å²) in [6.07, 6.45) is 4.10. The summed E-state index contributed by atoms with van der Waals surface area (Å²) in [6.45, 7) is 7.14. The van der Waals surface area contributed by atoms with E-state index in [0.717, 1.165) is 17.7 Å². The van der Waals surface area contributed by atoms with E-state index in [1.165, 1.54) is 32.4 Å². The van der Waals surface area contributed by atoms with Crippen LogP contribution < -0.4 is 0 Å². The predicted octanol–water partition coefficient (Wildman–Crippen LogP) is 2.43. The minimum Gasteiger partial charge on any atom is -0.300 e. The molecule has 0 saturated heterocycles. The maximum Gasteiger partial charge on any atom is 0.00965 e. The van der Waals surface area contributed by atoms with Gasteiger partial charge in [0.15, 0.2) is 0 Å². The van der Waals surface area contributed by atoms with Crippen LogP contribution in [0.2, 0.25) is 0 Å². The quantitative estimate of drug-likeness (QED) is 0.625. The number of hydrogen-bond acceptors (Lipinski definition) is 2. The van der Waals surface area contributed by atoms with Gasteiger partial charge >= 0.3 is 0 Å². The fourth-order valence-electron chi connectivity index (χ4n) is 1.61. The Labute approximate surface area is 81.9 Å². The van der Waals surface area contributed by atoms with Crippen molar-refractivity contribution in [3.05, 3.63) is 0 Å². The standard InChI is InChI=1S/C10H21NS/c1-9(2)8-11(6-3-7-12)10-4-5-10/h9-10,12H,3-8H2,1-2H3. The average molecular weight is 187 g/mol. The van der Waals surface area contributed by atoms with E-state index in [-0.39, 0.29) is 0 Å². The maximum absolute atomic E-state index is 4.25. The Hall–Kier alpha value is 0.310. The SMILES string of the molecule is CC(C)CN(CCCS)C1CC1. The fourth-order valence-corrected chi connectivity index (χ4v) is 1.75. The first-order chi connectivity index (χ1) is 5.74. The molecule has 0 aromatic rings. The number of nitrogens with zero attached hydrogens (tertiary/aromatic N) is 1. The monoisotopic (exact) mass is 187 g/mol. The Bertz CT molecular complexity index is 121. The topological polar surface area (TPSA) is 3.24 Å². The van der Waals surface area contributed by atoms with E-state index in [9.17, 15) is 0 Å². The van der Waals surface area contributed by atoms with Gasteiger partial charge in [-0.2, -0.15) is 12.6 Å². The first-order valence-corrected chi connectivity index (χ1v) is 5.72. The molecule has 0 amide bonds. The molecule has 0 heterocycles. The summed E-state index contributed by atoms with van der Waals surface area (Å²) in [6, 6.07) is 0.923. The van der Waals surface area contributed by atoms with E-state index in [1.807, 2.05) is 0 Å². The van der Waals surface area contributed by atoms with Gasteiger partial charge in [0.25, 0.3) is 0 Å². The smallest absolute Gasteiger partial charge is 0.00965 e. The molecule has 0 radical (unpaired) electrons. The summed E-state index contributed by atoms with van der Waals surface area (Å²) in [5.74, 6) is 1.84. The van der Waals surface area contributed by atoms with E-state index in [0.29, 0.717) is 0 Å². The van der Waals surface area contributed by atoms with E-state index in [4.69, 9.17) is 0 Å². The lowest BCUT2D eigenvalue weighted by atomic mass is 10.2. The van der Waals surface area contributed by atoms with Crippen molar-refractivity contribution >= 4 is 12.6 Å². The van der Waals surface area contributed by atoms with E-state index >= 15 is 0 Å². The molecule has 0 N–H and O–H groups in total. The van der Waals surface area contributed by atoms with Gasteiger partial charge < -0.3 is 4.90 Å². The van der Waals surface area contributed by atoms with Gasteiger partial charge in [0.1, 0.15) is 0 Å². The van der Waals surface area contributed by atoms with Gasteiger partial charge in [0, 0.05) is 12.6 Å². The third-order valence-corrected chi connectivity index (χ3v) is 2.58. The highest BCUT2D eigenvalue weighted by atomic mass is 32.1. The molecule has 0 spiro atoms. The summed E-state index contributed by atoms with van der Waals surface area (Å²) in [4.78, 5) is 2.64. The molecule has 2 heteroatoms. The molecule has 1 aliphatic rings. The first kappa shape index (κ1) is 10.4. The van der Waals surface area contributed by atoms with E-state index < -0.39 is 0 Å². The molecule has 0 aromatic heterocycles. The van der Waals surface area contributed by atoms with Gasteiger partial charge in [-0.15, -0.1) is 0 Å². The first-order valence-electron chi connectivity index (χ1n) is 5.09. The minimum absolute atomic E-state index is 0.811. The zero-order valence-electron chi connectivity index (χ0n) is 8.29. The van der Waals surface area contributed by atoms with Crippen LogP contribution in [0.3, 0.4) is 0 Å². The van der Waals surface area contributed by atoms with Gasteiger partial charge in [-0.25, -0.2) is 0 Å². The Morgan fingerprint density at radius 1 is 1.42 bits per heavy atom. The second-order valence-electron chi connectivity index (χ2n) is 4.20. The van der Waals surface area contributed by atoms with Crippen molar-refractivity contribution in [1.29, 1.82) is 0 Å². The Morgan fingerprint density at radius 2 is 2.08 bits per heavy atom. The molecular weight excluding hydrogens is 166 g/mol. The molecule has 1 rings (SSSR count). The molecule has 0 atom stereocenters. The van der Waals surface area contributed by atoms with E-state index in [1.54, 1.807) is 0 Å². The lowest BCUT2D eigenvalue weighted by molar-refractivity contribution is 0.235. The average Bonchev–Trinajstić information content (AvgIpc) is 2.79. The van der Waals surface area contributed by atoms with Crippen molar-refractivity contribution in [2.24, 2.45) is 5.92 Å². The molecule has 72 valence electrons. The molecule has 0 aliphatic heterocycles. The molecule has 0 bridgehead atoms. The molecule has 1 fully saturated rings. The highest BCUT2D eigenvalue weighted by Crippen LogP contribution is 2.27. The molecule has 12 heavy (non-hydrogen) atoms. The third kappa shape index (κ3) is 3.81. The fraction of sp³-hybridized carbons (Fsp3) is 1.00. The van der Waals surface area contributed by atoms with Crippen LogP contribution in [0.4, 0.5) is 0 Å². The van der Waals surface area contributed by atoms with Crippen LogP contribution in [0.15, 0.2) is 0 Å². The van der Waals surface area contributed by atoms with Crippen molar-refractivity contribution in [2.45, 2.75) is 39.2 Å². The largest absolute Gasteiger partial charge is 0.300 e. The highest BCUT2D eigenvalue weighted by Gasteiger charge is 2.28. The molecule has 1 aliphatic carbocycles. The zero-order valence-corrected chi connectivity index (χ0v) is 9.19. The van der Waals surface area contributed by atoms with Crippen molar-refractivity contribution in [1.82, 2.24) is 4.90 Å². The van der Waals surface area contributed by atoms with Gasteiger partial charge in [-0.1, -0.05) is 13.8 Å². The third-order valence-electron chi connectivity index (χ3n) is 2.27. The molecule has 1 nitrogen and oxygen atoms in total. The number of thiol groups is 1. The lowest BCUT2D eigenvalue weighted by Crippen LogP contribution is -2.31. The molecular formula is C10H21NS. The Balaban J connectivity index is 2.18. The predicted molar refractivity (Wildman–Crippen MR) is 57.9 cm³/mol. The van der Waals surface area contributed by atoms with Crippen molar-refractivity contribution in [2.75, 3.05) is 18.8 Å². The second-order valence-corrected chi connectivity index (χ2v) is 4.64. The van der Waals surface area contributed by atoms with Crippen LogP contribution in [-0.4, -0.2) is 29.8 Å². The van der Waals surface area contributed by atoms with Crippen molar-refractivity contribution < 1.29 is 0 Å². The maximum atomic E-state index is 4.25. The van der Waals surface area contributed by atoms with Gasteiger partial charge in [-0.05, 0) is 37.5 Å². The van der Waals surface area contributed by atoms with E-state index in [2.05, 4.69) is 31.4 Å². The van der Waals surface area contributed by atoms with Crippen LogP contribution in [0.1, 0.15) is 33.1 Å². The van der Waals surface area contributed by atoms with Gasteiger partial charge in [0.05, 0.1) is 0 Å². The summed E-state index contributed by atoms with van der Waals surface area (Å²) >= 11 is 4.25. The number of hydrogen-bond donors (Lipinski definition) is 1. The van der Waals surface area contributed by atoms with Crippen LogP contribution in [-0.2, 0) is 0 Å². The van der Waals surface area contributed by atoms with Crippen LogP contribution in [0.5, 0.6) is 0 Å². The molecule has 0 aromatic carbocycles. The number of rotatable bonds is 6. The van der Waals surface area contributed by atoms with Crippen LogP contribution in [0, 0.1) is 5.92 Å². The summed E-state index contributed by atoms with van der Waals surface area (Å²) in [5.41, 5.74) is 0. The Morgan fingerprint density at radius 3 is 2.50 bits per heavy atom. The molecule has 0 unspecified atom stereocenters. The van der Waals surface area contributed by atoms with Crippen LogP contribution in [0.25, 0.3) is 0 Å². The normalized spacial score (nSPS) is 17.8. The minimum atomic E-state index is 0.811. The lowest BCUT2D eigenvalue weighted by Gasteiger charge is -2.23. The second kappa shape index (κ2) is 5.13. The van der Waals surface area contributed by atoms with Gasteiger partial charge in [0.2, 0.25) is 0 Å². The highest BCUT2D eigenvalue weighted by molar-refractivity contribution is 7.80. The van der Waals surface area contributed by atoms with Crippen molar-refractivity contribution in [3.8, 4) is 0 Å². The summed E-state index contributed by atoms with van der Waals surface area (Å²) in [5, 5.41) is 0. The summed E-state index contributed by atoms with van der Waals surface area (Å²) < 4.78 is 0.